The highest BCUT2D eigenvalue weighted by Gasteiger charge is 2.20. The van der Waals surface area contributed by atoms with Crippen molar-refractivity contribution in [1.29, 1.82) is 0 Å². The van der Waals surface area contributed by atoms with Crippen molar-refractivity contribution in [3.8, 4) is 0 Å². The van der Waals surface area contributed by atoms with Crippen LogP contribution < -0.4 is 5.73 Å². The molecule has 0 fully saturated rings. The lowest BCUT2D eigenvalue weighted by molar-refractivity contribution is 0.0796. The monoisotopic (exact) mass is 306 g/mol. The molecule has 0 radical (unpaired) electrons. The second-order valence-corrected chi connectivity index (χ2v) is 5.76. The third-order valence-corrected chi connectivity index (χ3v) is 4.28. The number of hydrogen-bond donors (Lipinski definition) is 1. The van der Waals surface area contributed by atoms with E-state index >= 15 is 0 Å². The summed E-state index contributed by atoms with van der Waals surface area (Å²) in [7, 11) is 0. The Bertz CT molecular complexity index is 668. The lowest BCUT2D eigenvalue weighted by Crippen LogP contribution is -2.31. The minimum Gasteiger partial charge on any atom is -0.397 e. The minimum atomic E-state index is -0.111. The summed E-state index contributed by atoms with van der Waals surface area (Å²) in [6, 6.07) is 5.45. The fourth-order valence-corrected chi connectivity index (χ4v) is 3.19. The van der Waals surface area contributed by atoms with Crippen LogP contribution in [0.25, 0.3) is 10.1 Å². The van der Waals surface area contributed by atoms with Crippen molar-refractivity contribution >= 4 is 44.6 Å². The number of nitrogens with zero attached hydrogens (tertiary/aromatic N) is 1. The van der Waals surface area contributed by atoms with Gasteiger partial charge >= 0.3 is 0 Å². The van der Waals surface area contributed by atoms with Crippen LogP contribution in [0.1, 0.15) is 9.67 Å². The second-order valence-electron chi connectivity index (χ2n) is 4.27. The lowest BCUT2D eigenvalue weighted by Gasteiger charge is -2.18. The Labute approximate surface area is 126 Å². The van der Waals surface area contributed by atoms with Gasteiger partial charge in [-0.3, -0.25) is 4.79 Å². The van der Waals surface area contributed by atoms with Gasteiger partial charge in [0.05, 0.1) is 5.69 Å². The van der Waals surface area contributed by atoms with Gasteiger partial charge in [0.1, 0.15) is 4.88 Å². The first-order chi connectivity index (χ1) is 9.58. The maximum atomic E-state index is 12.5. The normalized spacial score (nSPS) is 10.4. The van der Waals surface area contributed by atoms with Crippen molar-refractivity contribution in [2.45, 2.75) is 0 Å². The largest absolute Gasteiger partial charge is 0.397 e. The smallest absolute Gasteiger partial charge is 0.266 e. The van der Waals surface area contributed by atoms with E-state index in [1.54, 1.807) is 29.2 Å². The molecule has 104 valence electrons. The van der Waals surface area contributed by atoms with Gasteiger partial charge in [-0.2, -0.15) is 0 Å². The summed E-state index contributed by atoms with van der Waals surface area (Å²) < 4.78 is 0.951. The Kier molecular flexibility index (Phi) is 4.47. The van der Waals surface area contributed by atoms with Crippen molar-refractivity contribution in [3.63, 3.8) is 0 Å². The molecule has 0 aliphatic heterocycles. The molecule has 1 aromatic heterocycles. The molecule has 2 aromatic rings. The molecule has 0 saturated carbocycles. The molecule has 0 unspecified atom stereocenters. The van der Waals surface area contributed by atoms with Gasteiger partial charge in [-0.15, -0.1) is 24.5 Å². The maximum Gasteiger partial charge on any atom is 0.266 e. The fourth-order valence-electron chi connectivity index (χ4n) is 1.94. The molecular weight excluding hydrogens is 292 g/mol. The van der Waals surface area contributed by atoms with Crippen molar-refractivity contribution in [1.82, 2.24) is 4.90 Å². The van der Waals surface area contributed by atoms with E-state index in [1.165, 1.54) is 11.3 Å². The summed E-state index contributed by atoms with van der Waals surface area (Å²) in [6.07, 6.45) is 3.36. The molecule has 0 atom stereocenters. The summed E-state index contributed by atoms with van der Waals surface area (Å²) >= 11 is 7.35. The SMILES string of the molecule is C=CCN(CC=C)C(=O)c1sc2ccc(Cl)cc2c1N. The van der Waals surface area contributed by atoms with Crippen LogP contribution in [0.5, 0.6) is 0 Å². The highest BCUT2D eigenvalue weighted by molar-refractivity contribution is 7.21. The summed E-state index contributed by atoms with van der Waals surface area (Å²) in [5, 5.41) is 1.43. The summed E-state index contributed by atoms with van der Waals surface area (Å²) in [5.41, 5.74) is 6.57. The van der Waals surface area contributed by atoms with Gasteiger partial charge in [-0.1, -0.05) is 23.8 Å². The molecule has 1 amide bonds. The first-order valence-electron chi connectivity index (χ1n) is 6.07. The van der Waals surface area contributed by atoms with Gasteiger partial charge in [-0.05, 0) is 18.2 Å². The van der Waals surface area contributed by atoms with Crippen LogP contribution in [0.15, 0.2) is 43.5 Å². The number of fused-ring (bicyclic) bond motifs is 1. The zero-order chi connectivity index (χ0) is 14.7. The molecule has 0 spiro atoms. The van der Waals surface area contributed by atoms with Gasteiger partial charge < -0.3 is 10.6 Å². The number of rotatable bonds is 5. The lowest BCUT2D eigenvalue weighted by atomic mass is 10.2. The van der Waals surface area contributed by atoms with E-state index < -0.39 is 0 Å². The number of nitrogens with two attached hydrogens (primary N) is 1. The van der Waals surface area contributed by atoms with E-state index in [4.69, 9.17) is 17.3 Å². The van der Waals surface area contributed by atoms with Crippen LogP contribution in [0.2, 0.25) is 5.02 Å². The number of benzene rings is 1. The Morgan fingerprint density at radius 2 is 2.00 bits per heavy atom. The van der Waals surface area contributed by atoms with Gasteiger partial charge in [0.25, 0.3) is 5.91 Å². The Balaban J connectivity index is 2.45. The van der Waals surface area contributed by atoms with Crippen LogP contribution in [0.4, 0.5) is 5.69 Å². The van der Waals surface area contributed by atoms with Gasteiger partial charge in [-0.25, -0.2) is 0 Å². The molecule has 1 aromatic carbocycles. The van der Waals surface area contributed by atoms with Crippen LogP contribution in [-0.2, 0) is 0 Å². The van der Waals surface area contributed by atoms with Crippen LogP contribution in [0.3, 0.4) is 0 Å². The molecule has 2 rings (SSSR count). The summed E-state index contributed by atoms with van der Waals surface area (Å²) in [6.45, 7) is 8.24. The van der Waals surface area contributed by atoms with Crippen molar-refractivity contribution < 1.29 is 4.79 Å². The first kappa shape index (κ1) is 14.6. The Morgan fingerprint density at radius 3 is 2.60 bits per heavy atom. The number of amides is 1. The zero-order valence-electron chi connectivity index (χ0n) is 10.9. The predicted octanol–water partition coefficient (Wildman–Crippen LogP) is 3.95. The number of anilines is 1. The molecule has 0 aliphatic carbocycles. The van der Waals surface area contributed by atoms with Crippen LogP contribution in [-0.4, -0.2) is 23.9 Å². The molecule has 0 saturated heterocycles. The quantitative estimate of drug-likeness (QED) is 0.850. The maximum absolute atomic E-state index is 12.5. The Morgan fingerprint density at radius 1 is 1.35 bits per heavy atom. The van der Waals surface area contributed by atoms with Crippen molar-refractivity contribution in [3.05, 3.63) is 53.4 Å². The molecule has 20 heavy (non-hydrogen) atoms. The first-order valence-corrected chi connectivity index (χ1v) is 7.26. The minimum absolute atomic E-state index is 0.111. The van der Waals surface area contributed by atoms with Gasteiger partial charge in [0, 0.05) is 28.2 Å². The number of hydrogen-bond acceptors (Lipinski definition) is 3. The van der Waals surface area contributed by atoms with Crippen LogP contribution >= 0.6 is 22.9 Å². The molecular formula is C15H15ClN2OS. The number of carbonyl (C=O) groups excluding carboxylic acids is 1. The number of carbonyl (C=O) groups is 1. The van der Waals surface area contributed by atoms with E-state index in [0.29, 0.717) is 28.7 Å². The van der Waals surface area contributed by atoms with Crippen molar-refractivity contribution in [2.75, 3.05) is 18.8 Å². The average molecular weight is 307 g/mol. The second kappa shape index (κ2) is 6.11. The third-order valence-electron chi connectivity index (χ3n) is 2.87. The number of nitrogen functional groups attached to an aromatic ring is 1. The highest BCUT2D eigenvalue weighted by atomic mass is 35.5. The van der Waals surface area contributed by atoms with Crippen molar-refractivity contribution in [2.24, 2.45) is 0 Å². The fraction of sp³-hybridized carbons (Fsp3) is 0.133. The topological polar surface area (TPSA) is 46.3 Å². The van der Waals surface area contributed by atoms with Crippen LogP contribution in [0, 0.1) is 0 Å². The number of thiophene rings is 1. The van der Waals surface area contributed by atoms with E-state index in [1.807, 2.05) is 6.07 Å². The summed E-state index contributed by atoms with van der Waals surface area (Å²) in [4.78, 5) is 14.7. The third kappa shape index (κ3) is 2.71. The van der Waals surface area contributed by atoms with Gasteiger partial charge in [0.15, 0.2) is 0 Å². The predicted molar refractivity (Wildman–Crippen MR) is 87.5 cm³/mol. The highest BCUT2D eigenvalue weighted by Crippen LogP contribution is 2.35. The molecule has 1 heterocycles. The molecule has 3 nitrogen and oxygen atoms in total. The average Bonchev–Trinajstić information content (AvgIpc) is 2.75. The van der Waals surface area contributed by atoms with E-state index in [9.17, 15) is 4.79 Å². The van der Waals surface area contributed by atoms with Gasteiger partial charge in [0.2, 0.25) is 0 Å². The zero-order valence-corrected chi connectivity index (χ0v) is 12.5. The molecule has 5 heteroatoms. The number of halogens is 1. The Hall–Kier alpha value is -1.78. The van der Waals surface area contributed by atoms with E-state index in [-0.39, 0.29) is 5.91 Å². The summed E-state index contributed by atoms with van der Waals surface area (Å²) in [5.74, 6) is -0.111. The molecule has 2 N–H and O–H groups in total. The van der Waals surface area contributed by atoms with E-state index in [0.717, 1.165) is 10.1 Å². The van der Waals surface area contributed by atoms with E-state index in [2.05, 4.69) is 13.2 Å². The molecule has 0 bridgehead atoms. The standard InChI is InChI=1S/C15H15ClN2OS/c1-3-7-18(8-4-2)15(19)14-13(17)11-9-10(16)5-6-12(11)20-14/h3-6,9H,1-2,7-8,17H2. The molecule has 0 aliphatic rings.